The van der Waals surface area contributed by atoms with Crippen LogP contribution in [0.3, 0.4) is 0 Å². The van der Waals surface area contributed by atoms with Crippen LogP contribution in [0.4, 0.5) is 4.39 Å². The standard InChI is InChI=1S/C13H18FNO2/c14-11-4-2-1-3-10(11)12(16)13(9-15)5-7-17-8-6-13/h1-4,12,16H,5-9,15H2/t12-/m1/s1. The van der Waals surface area contributed by atoms with E-state index in [4.69, 9.17) is 10.5 Å². The lowest BCUT2D eigenvalue weighted by molar-refractivity contribution is -0.0593. The summed E-state index contributed by atoms with van der Waals surface area (Å²) in [6.07, 6.45) is 0.468. The molecule has 0 radical (unpaired) electrons. The van der Waals surface area contributed by atoms with Crippen LogP contribution >= 0.6 is 0 Å². The Morgan fingerprint density at radius 3 is 2.59 bits per heavy atom. The van der Waals surface area contributed by atoms with Crippen molar-refractivity contribution in [3.8, 4) is 0 Å². The third kappa shape index (κ3) is 2.34. The Morgan fingerprint density at radius 2 is 2.00 bits per heavy atom. The van der Waals surface area contributed by atoms with Crippen LogP contribution in [0.1, 0.15) is 24.5 Å². The summed E-state index contributed by atoms with van der Waals surface area (Å²) >= 11 is 0. The van der Waals surface area contributed by atoms with E-state index in [0.717, 1.165) is 0 Å². The Labute approximate surface area is 100 Å². The Bertz CT molecular complexity index is 377. The van der Waals surface area contributed by atoms with Gasteiger partial charge in [-0.3, -0.25) is 0 Å². The summed E-state index contributed by atoms with van der Waals surface area (Å²) in [6.45, 7) is 1.48. The Hall–Kier alpha value is -0.970. The summed E-state index contributed by atoms with van der Waals surface area (Å²) in [4.78, 5) is 0. The lowest BCUT2D eigenvalue weighted by Crippen LogP contribution is -2.41. The largest absolute Gasteiger partial charge is 0.388 e. The van der Waals surface area contributed by atoms with Gasteiger partial charge in [-0.05, 0) is 18.9 Å². The average Bonchev–Trinajstić information content (AvgIpc) is 2.39. The molecule has 1 aliphatic heterocycles. The molecular formula is C13H18FNO2. The van der Waals surface area contributed by atoms with Gasteiger partial charge >= 0.3 is 0 Å². The number of aliphatic hydroxyl groups is 1. The predicted molar refractivity (Wildman–Crippen MR) is 62.9 cm³/mol. The minimum Gasteiger partial charge on any atom is -0.388 e. The van der Waals surface area contributed by atoms with Crippen molar-refractivity contribution in [2.45, 2.75) is 18.9 Å². The molecule has 1 aliphatic rings. The molecule has 17 heavy (non-hydrogen) atoms. The van der Waals surface area contributed by atoms with Crippen molar-refractivity contribution in [2.24, 2.45) is 11.1 Å². The predicted octanol–water partition coefficient (Wildman–Crippen LogP) is 1.61. The number of halogens is 1. The van der Waals surface area contributed by atoms with Crippen LogP contribution in [0.5, 0.6) is 0 Å². The highest BCUT2D eigenvalue weighted by Gasteiger charge is 2.40. The number of ether oxygens (including phenoxy) is 1. The van der Waals surface area contributed by atoms with Crippen molar-refractivity contribution in [1.82, 2.24) is 0 Å². The van der Waals surface area contributed by atoms with Crippen molar-refractivity contribution < 1.29 is 14.2 Å². The highest BCUT2D eigenvalue weighted by atomic mass is 19.1. The summed E-state index contributed by atoms with van der Waals surface area (Å²) < 4.78 is 19.0. The van der Waals surface area contributed by atoms with E-state index >= 15 is 0 Å². The highest BCUT2D eigenvalue weighted by Crippen LogP contribution is 2.42. The second-order valence-electron chi connectivity index (χ2n) is 4.60. The third-order valence-corrected chi connectivity index (χ3v) is 3.67. The maximum absolute atomic E-state index is 13.7. The van der Waals surface area contributed by atoms with Gasteiger partial charge in [-0.1, -0.05) is 18.2 Å². The molecule has 0 unspecified atom stereocenters. The van der Waals surface area contributed by atoms with Gasteiger partial charge in [-0.2, -0.15) is 0 Å². The summed E-state index contributed by atoms with van der Waals surface area (Å²) in [5, 5.41) is 10.4. The number of benzene rings is 1. The molecule has 0 aliphatic carbocycles. The highest BCUT2D eigenvalue weighted by molar-refractivity contribution is 5.22. The molecule has 4 heteroatoms. The van der Waals surface area contributed by atoms with Gasteiger partial charge in [0.15, 0.2) is 0 Å². The fourth-order valence-corrected chi connectivity index (χ4v) is 2.39. The molecule has 0 amide bonds. The molecule has 0 aromatic heterocycles. The quantitative estimate of drug-likeness (QED) is 0.842. The van der Waals surface area contributed by atoms with E-state index < -0.39 is 11.5 Å². The summed E-state index contributed by atoms with van der Waals surface area (Å²) in [5.74, 6) is -0.376. The van der Waals surface area contributed by atoms with Gasteiger partial charge in [0.05, 0.1) is 6.10 Å². The van der Waals surface area contributed by atoms with Crippen molar-refractivity contribution in [2.75, 3.05) is 19.8 Å². The average molecular weight is 239 g/mol. The Balaban J connectivity index is 2.28. The number of hydrogen-bond donors (Lipinski definition) is 2. The first kappa shape index (κ1) is 12.5. The third-order valence-electron chi connectivity index (χ3n) is 3.67. The fraction of sp³-hybridized carbons (Fsp3) is 0.538. The maximum atomic E-state index is 13.7. The number of aliphatic hydroxyl groups excluding tert-OH is 1. The molecule has 0 bridgehead atoms. The first-order valence-electron chi connectivity index (χ1n) is 5.90. The van der Waals surface area contributed by atoms with Crippen molar-refractivity contribution in [3.63, 3.8) is 0 Å². The van der Waals surface area contributed by atoms with Gasteiger partial charge in [0.1, 0.15) is 5.82 Å². The molecule has 2 rings (SSSR count). The van der Waals surface area contributed by atoms with Crippen LogP contribution in [-0.2, 0) is 4.74 Å². The van der Waals surface area contributed by atoms with Crippen LogP contribution in [0.25, 0.3) is 0 Å². The topological polar surface area (TPSA) is 55.5 Å². The van der Waals surface area contributed by atoms with Crippen LogP contribution in [-0.4, -0.2) is 24.9 Å². The first-order chi connectivity index (χ1) is 8.19. The van der Waals surface area contributed by atoms with Crippen LogP contribution in [0.2, 0.25) is 0 Å². The molecule has 0 saturated carbocycles. The van der Waals surface area contributed by atoms with Gasteiger partial charge in [-0.25, -0.2) is 4.39 Å². The van der Waals surface area contributed by atoms with Gasteiger partial charge in [0.25, 0.3) is 0 Å². The second kappa shape index (κ2) is 5.12. The van der Waals surface area contributed by atoms with Crippen LogP contribution < -0.4 is 5.73 Å². The lowest BCUT2D eigenvalue weighted by Gasteiger charge is -2.40. The number of nitrogens with two attached hydrogens (primary N) is 1. The van der Waals surface area contributed by atoms with Crippen molar-refractivity contribution in [3.05, 3.63) is 35.6 Å². The van der Waals surface area contributed by atoms with E-state index in [9.17, 15) is 9.50 Å². The Kier molecular flexibility index (Phi) is 3.76. The molecule has 1 aromatic carbocycles. The molecule has 1 heterocycles. The summed E-state index contributed by atoms with van der Waals surface area (Å²) in [5.41, 5.74) is 5.66. The zero-order chi connectivity index (χ0) is 12.3. The molecule has 1 aromatic rings. The minimum absolute atomic E-state index is 0.333. The zero-order valence-electron chi connectivity index (χ0n) is 9.73. The molecule has 1 atom stereocenters. The molecule has 1 fully saturated rings. The van der Waals surface area contributed by atoms with Crippen LogP contribution in [0, 0.1) is 11.2 Å². The number of rotatable bonds is 3. The fourth-order valence-electron chi connectivity index (χ4n) is 2.39. The lowest BCUT2D eigenvalue weighted by atomic mass is 9.73. The molecule has 1 saturated heterocycles. The smallest absolute Gasteiger partial charge is 0.129 e. The van der Waals surface area contributed by atoms with Crippen molar-refractivity contribution >= 4 is 0 Å². The normalized spacial score (nSPS) is 21.1. The van der Waals surface area contributed by atoms with E-state index in [-0.39, 0.29) is 5.82 Å². The molecule has 3 nitrogen and oxygen atoms in total. The van der Waals surface area contributed by atoms with E-state index in [2.05, 4.69) is 0 Å². The SMILES string of the molecule is NCC1([C@H](O)c2ccccc2F)CCOCC1. The van der Waals surface area contributed by atoms with Gasteiger partial charge in [-0.15, -0.1) is 0 Å². The molecular weight excluding hydrogens is 221 g/mol. The summed E-state index contributed by atoms with van der Waals surface area (Å²) in [7, 11) is 0. The van der Waals surface area contributed by atoms with E-state index in [1.165, 1.54) is 6.07 Å². The zero-order valence-corrected chi connectivity index (χ0v) is 9.73. The van der Waals surface area contributed by atoms with Gasteiger partial charge in [0, 0.05) is 30.7 Å². The Morgan fingerprint density at radius 1 is 1.35 bits per heavy atom. The minimum atomic E-state index is -0.863. The van der Waals surface area contributed by atoms with Crippen molar-refractivity contribution in [1.29, 1.82) is 0 Å². The monoisotopic (exact) mass is 239 g/mol. The van der Waals surface area contributed by atoms with Crippen LogP contribution in [0.15, 0.2) is 24.3 Å². The number of hydrogen-bond acceptors (Lipinski definition) is 3. The molecule has 94 valence electrons. The second-order valence-corrected chi connectivity index (χ2v) is 4.60. The van der Waals surface area contributed by atoms with Gasteiger partial charge in [0.2, 0.25) is 0 Å². The maximum Gasteiger partial charge on any atom is 0.129 e. The van der Waals surface area contributed by atoms with E-state index in [1.54, 1.807) is 18.2 Å². The molecule has 3 N–H and O–H groups in total. The van der Waals surface area contributed by atoms with Gasteiger partial charge < -0.3 is 15.6 Å². The van der Waals surface area contributed by atoms with E-state index in [0.29, 0.717) is 38.2 Å². The first-order valence-corrected chi connectivity index (χ1v) is 5.90. The van der Waals surface area contributed by atoms with E-state index in [1.807, 2.05) is 0 Å². The molecule has 0 spiro atoms. The summed E-state index contributed by atoms with van der Waals surface area (Å²) in [6, 6.07) is 6.32.